The summed E-state index contributed by atoms with van der Waals surface area (Å²) in [7, 11) is -3.60. The van der Waals surface area contributed by atoms with Crippen molar-refractivity contribution in [3.8, 4) is 18.1 Å². The average molecular weight is 239 g/mol. The Morgan fingerprint density at radius 1 is 1.44 bits per heavy atom. The molecule has 1 aromatic rings. The molecule has 0 aromatic heterocycles. The van der Waals surface area contributed by atoms with Crippen molar-refractivity contribution in [1.82, 2.24) is 4.72 Å². The molecule has 0 amide bonds. The predicted molar refractivity (Wildman–Crippen MR) is 61.3 cm³/mol. The van der Waals surface area contributed by atoms with E-state index in [4.69, 9.17) is 11.5 Å². The Bertz CT molecular complexity index is 485. The first-order chi connectivity index (χ1) is 7.49. The van der Waals surface area contributed by atoms with Gasteiger partial charge in [-0.15, -0.1) is 6.42 Å². The van der Waals surface area contributed by atoms with Gasteiger partial charge in [0, 0.05) is 0 Å². The highest BCUT2D eigenvalue weighted by Gasteiger charge is 2.17. The van der Waals surface area contributed by atoms with Crippen molar-refractivity contribution >= 4 is 10.0 Å². The van der Waals surface area contributed by atoms with E-state index in [0.717, 1.165) is 0 Å². The maximum absolute atomic E-state index is 11.8. The zero-order valence-corrected chi connectivity index (χ0v) is 9.66. The zero-order chi connectivity index (χ0) is 12.2. The summed E-state index contributed by atoms with van der Waals surface area (Å²) in [4.78, 5) is 0.0824. The minimum atomic E-state index is -3.60. The Labute approximate surface area is 95.4 Å². The van der Waals surface area contributed by atoms with Crippen molar-refractivity contribution in [3.05, 3.63) is 24.3 Å². The lowest BCUT2D eigenvalue weighted by molar-refractivity contribution is 0.474. The van der Waals surface area contributed by atoms with E-state index in [1.807, 2.05) is 0 Å². The van der Waals surface area contributed by atoms with E-state index in [-0.39, 0.29) is 10.6 Å². The van der Waals surface area contributed by atoms with Crippen molar-refractivity contribution in [2.24, 2.45) is 0 Å². The quantitative estimate of drug-likeness (QED) is 0.773. The van der Waals surface area contributed by atoms with Crippen LogP contribution in [0.1, 0.15) is 13.3 Å². The average Bonchev–Trinajstić information content (AvgIpc) is 2.26. The fraction of sp³-hybridized carbons (Fsp3) is 0.273. The number of aromatic hydroxyl groups is 1. The summed E-state index contributed by atoms with van der Waals surface area (Å²) in [5.41, 5.74) is 0. The molecule has 86 valence electrons. The second-order valence-corrected chi connectivity index (χ2v) is 4.96. The third-order valence-electron chi connectivity index (χ3n) is 2.05. The van der Waals surface area contributed by atoms with Crippen molar-refractivity contribution < 1.29 is 13.5 Å². The number of nitrogens with one attached hydrogen (secondary N) is 1. The fourth-order valence-electron chi connectivity index (χ4n) is 1.12. The molecule has 16 heavy (non-hydrogen) atoms. The lowest BCUT2D eigenvalue weighted by Crippen LogP contribution is -2.33. The molecule has 2 N–H and O–H groups in total. The number of phenols is 1. The van der Waals surface area contributed by atoms with Crippen LogP contribution in [0.3, 0.4) is 0 Å². The van der Waals surface area contributed by atoms with Gasteiger partial charge >= 0.3 is 0 Å². The Morgan fingerprint density at radius 2 is 2.00 bits per heavy atom. The number of hydrogen-bond donors (Lipinski definition) is 2. The van der Waals surface area contributed by atoms with Crippen LogP contribution < -0.4 is 4.72 Å². The van der Waals surface area contributed by atoms with E-state index in [1.54, 1.807) is 6.92 Å². The van der Waals surface area contributed by atoms with Crippen LogP contribution >= 0.6 is 0 Å². The van der Waals surface area contributed by atoms with Crippen LogP contribution in [0.5, 0.6) is 5.75 Å². The van der Waals surface area contributed by atoms with Crippen LogP contribution in [0.4, 0.5) is 0 Å². The smallest absolute Gasteiger partial charge is 0.241 e. The molecule has 1 rings (SSSR count). The summed E-state index contributed by atoms with van der Waals surface area (Å²) in [5.74, 6) is 2.37. The SMILES string of the molecule is C#CC(CC)NS(=O)(=O)c1ccc(O)cc1. The second kappa shape index (κ2) is 5.01. The predicted octanol–water partition coefficient (Wildman–Crippen LogP) is 1.08. The largest absolute Gasteiger partial charge is 0.508 e. The molecule has 0 fully saturated rings. The van der Waals surface area contributed by atoms with E-state index < -0.39 is 16.1 Å². The van der Waals surface area contributed by atoms with Gasteiger partial charge in [0.1, 0.15) is 5.75 Å². The number of benzene rings is 1. The summed E-state index contributed by atoms with van der Waals surface area (Å²) in [6, 6.07) is 4.75. The topological polar surface area (TPSA) is 66.4 Å². The van der Waals surface area contributed by atoms with E-state index in [9.17, 15) is 8.42 Å². The molecular formula is C11H13NO3S. The molecule has 0 aliphatic rings. The first-order valence-corrected chi connectivity index (χ1v) is 6.25. The molecule has 0 bridgehead atoms. The van der Waals surface area contributed by atoms with Gasteiger partial charge in [-0.05, 0) is 30.7 Å². The van der Waals surface area contributed by atoms with Crippen molar-refractivity contribution in [1.29, 1.82) is 0 Å². The molecule has 5 heteroatoms. The Morgan fingerprint density at radius 3 is 2.44 bits per heavy atom. The molecule has 1 aromatic carbocycles. The molecule has 0 saturated carbocycles. The standard InChI is InChI=1S/C11H13NO3S/c1-3-9(4-2)12-16(14,15)11-7-5-10(13)6-8-11/h1,5-9,12-13H,4H2,2H3. The fourth-order valence-corrected chi connectivity index (χ4v) is 2.36. The van der Waals surface area contributed by atoms with Crippen LogP contribution in [0.15, 0.2) is 29.2 Å². The highest BCUT2D eigenvalue weighted by atomic mass is 32.2. The molecule has 1 unspecified atom stereocenters. The van der Waals surface area contributed by atoms with Gasteiger partial charge in [-0.2, -0.15) is 4.72 Å². The van der Waals surface area contributed by atoms with Crippen LogP contribution in [0.2, 0.25) is 0 Å². The zero-order valence-electron chi connectivity index (χ0n) is 8.84. The van der Waals surface area contributed by atoms with Gasteiger partial charge in [0.25, 0.3) is 0 Å². The van der Waals surface area contributed by atoms with E-state index >= 15 is 0 Å². The Kier molecular flexibility index (Phi) is 3.93. The number of hydrogen-bond acceptors (Lipinski definition) is 3. The van der Waals surface area contributed by atoms with Crippen molar-refractivity contribution in [2.75, 3.05) is 0 Å². The second-order valence-electron chi connectivity index (χ2n) is 3.24. The van der Waals surface area contributed by atoms with Gasteiger partial charge in [-0.3, -0.25) is 0 Å². The third-order valence-corrected chi connectivity index (χ3v) is 3.54. The molecule has 0 saturated heterocycles. The van der Waals surface area contributed by atoms with E-state index in [0.29, 0.717) is 6.42 Å². The van der Waals surface area contributed by atoms with E-state index in [2.05, 4.69) is 10.6 Å². The maximum atomic E-state index is 11.8. The minimum Gasteiger partial charge on any atom is -0.508 e. The maximum Gasteiger partial charge on any atom is 0.241 e. The normalized spacial score (nSPS) is 13.0. The lowest BCUT2D eigenvalue weighted by Gasteiger charge is -2.11. The van der Waals surface area contributed by atoms with Crippen LogP contribution in [0.25, 0.3) is 0 Å². The lowest BCUT2D eigenvalue weighted by atomic mass is 10.3. The van der Waals surface area contributed by atoms with Gasteiger partial charge in [0.05, 0.1) is 10.9 Å². The molecule has 0 aliphatic heterocycles. The van der Waals surface area contributed by atoms with E-state index in [1.165, 1.54) is 24.3 Å². The first kappa shape index (κ1) is 12.6. The molecule has 0 spiro atoms. The molecule has 0 aliphatic carbocycles. The van der Waals surface area contributed by atoms with Crippen LogP contribution in [-0.2, 0) is 10.0 Å². The van der Waals surface area contributed by atoms with Gasteiger partial charge < -0.3 is 5.11 Å². The Balaban J connectivity index is 2.95. The van der Waals surface area contributed by atoms with Crippen molar-refractivity contribution in [3.63, 3.8) is 0 Å². The van der Waals surface area contributed by atoms with Gasteiger partial charge in [-0.1, -0.05) is 12.8 Å². The third kappa shape index (κ3) is 2.99. The summed E-state index contributed by atoms with van der Waals surface area (Å²) in [6.07, 6.45) is 5.70. The van der Waals surface area contributed by atoms with Crippen molar-refractivity contribution in [2.45, 2.75) is 24.3 Å². The summed E-state index contributed by atoms with van der Waals surface area (Å²) < 4.78 is 25.9. The van der Waals surface area contributed by atoms with Crippen LogP contribution in [0, 0.1) is 12.3 Å². The van der Waals surface area contributed by atoms with Gasteiger partial charge in [0.15, 0.2) is 0 Å². The molecular weight excluding hydrogens is 226 g/mol. The molecule has 4 nitrogen and oxygen atoms in total. The number of terminal acetylenes is 1. The highest BCUT2D eigenvalue weighted by Crippen LogP contribution is 2.14. The minimum absolute atomic E-state index is 0.0166. The molecule has 1 atom stereocenters. The Hall–Kier alpha value is -1.51. The monoisotopic (exact) mass is 239 g/mol. The number of phenolic OH excluding ortho intramolecular Hbond substituents is 1. The van der Waals surface area contributed by atoms with Gasteiger partial charge in [0.2, 0.25) is 10.0 Å². The van der Waals surface area contributed by atoms with Gasteiger partial charge in [-0.25, -0.2) is 8.42 Å². The molecule has 0 heterocycles. The summed E-state index contributed by atoms with van der Waals surface area (Å²) in [5, 5.41) is 9.05. The molecule has 0 radical (unpaired) electrons. The highest BCUT2D eigenvalue weighted by molar-refractivity contribution is 7.89. The summed E-state index contributed by atoms with van der Waals surface area (Å²) in [6.45, 7) is 1.80. The number of rotatable bonds is 4. The number of sulfonamides is 1. The first-order valence-electron chi connectivity index (χ1n) is 4.77. The summed E-state index contributed by atoms with van der Waals surface area (Å²) >= 11 is 0. The van der Waals surface area contributed by atoms with Crippen LogP contribution in [-0.4, -0.2) is 19.6 Å².